The van der Waals surface area contributed by atoms with Gasteiger partial charge in [0.1, 0.15) is 17.9 Å². The van der Waals surface area contributed by atoms with E-state index in [1.54, 1.807) is 25.4 Å². The Balaban J connectivity index is 0.00000225. The van der Waals surface area contributed by atoms with Crippen molar-refractivity contribution in [3.8, 4) is 5.88 Å². The predicted octanol–water partition coefficient (Wildman–Crippen LogP) is 4.44. The standard InChI is InChI=1S/C19H21FN2O2.ClH/c1-13-14(2)22(10-11-23-3)18-17(13)8-9-21-19(18)24-12-15-4-6-16(20)7-5-15;/h4-9H,10-12H2,1-3H3;1H. The Bertz CT molecular complexity index is 847. The predicted molar refractivity (Wildman–Crippen MR) is 99.1 cm³/mol. The summed E-state index contributed by atoms with van der Waals surface area (Å²) in [4.78, 5) is 4.40. The maximum atomic E-state index is 13.0. The van der Waals surface area contributed by atoms with Crippen molar-refractivity contribution < 1.29 is 13.9 Å². The minimum atomic E-state index is -0.251. The highest BCUT2D eigenvalue weighted by molar-refractivity contribution is 5.88. The molecule has 2 heterocycles. The largest absolute Gasteiger partial charge is 0.471 e. The molecule has 134 valence electrons. The summed E-state index contributed by atoms with van der Waals surface area (Å²) in [5.74, 6) is 0.336. The number of rotatable bonds is 6. The van der Waals surface area contributed by atoms with Gasteiger partial charge in [0.05, 0.1) is 6.61 Å². The second-order valence-electron chi connectivity index (χ2n) is 5.78. The van der Waals surface area contributed by atoms with Crippen molar-refractivity contribution in [2.24, 2.45) is 0 Å². The Labute approximate surface area is 153 Å². The van der Waals surface area contributed by atoms with E-state index < -0.39 is 0 Å². The minimum absolute atomic E-state index is 0. The smallest absolute Gasteiger partial charge is 0.238 e. The summed E-state index contributed by atoms with van der Waals surface area (Å²) in [5, 5.41) is 1.13. The normalized spacial score (nSPS) is 10.7. The fraction of sp³-hybridized carbons (Fsp3) is 0.316. The monoisotopic (exact) mass is 364 g/mol. The highest BCUT2D eigenvalue weighted by Gasteiger charge is 2.16. The van der Waals surface area contributed by atoms with Crippen LogP contribution in [0.15, 0.2) is 36.5 Å². The van der Waals surface area contributed by atoms with Crippen LogP contribution in [0.5, 0.6) is 5.88 Å². The fourth-order valence-corrected chi connectivity index (χ4v) is 2.86. The second-order valence-corrected chi connectivity index (χ2v) is 5.78. The number of ether oxygens (including phenoxy) is 2. The molecule has 4 nitrogen and oxygen atoms in total. The molecule has 0 saturated carbocycles. The van der Waals surface area contributed by atoms with Gasteiger partial charge in [-0.3, -0.25) is 0 Å². The summed E-state index contributed by atoms with van der Waals surface area (Å²) >= 11 is 0. The van der Waals surface area contributed by atoms with Crippen LogP contribution in [0.2, 0.25) is 0 Å². The van der Waals surface area contributed by atoms with Gasteiger partial charge in [0.15, 0.2) is 0 Å². The lowest BCUT2D eigenvalue weighted by atomic mass is 10.2. The molecule has 0 saturated heterocycles. The number of aryl methyl sites for hydroxylation is 1. The molecule has 0 atom stereocenters. The molecule has 0 aliphatic carbocycles. The lowest BCUT2D eigenvalue weighted by Crippen LogP contribution is -2.07. The van der Waals surface area contributed by atoms with E-state index in [-0.39, 0.29) is 18.2 Å². The van der Waals surface area contributed by atoms with Crippen molar-refractivity contribution in [1.29, 1.82) is 0 Å². The van der Waals surface area contributed by atoms with Crippen LogP contribution in [-0.4, -0.2) is 23.3 Å². The highest BCUT2D eigenvalue weighted by Crippen LogP contribution is 2.31. The number of hydrogen-bond donors (Lipinski definition) is 0. The first kappa shape index (κ1) is 19.2. The lowest BCUT2D eigenvalue weighted by molar-refractivity contribution is 0.187. The van der Waals surface area contributed by atoms with E-state index in [4.69, 9.17) is 9.47 Å². The molecule has 0 fully saturated rings. The van der Waals surface area contributed by atoms with E-state index in [9.17, 15) is 4.39 Å². The van der Waals surface area contributed by atoms with Gasteiger partial charge in [-0.15, -0.1) is 12.4 Å². The summed E-state index contributed by atoms with van der Waals surface area (Å²) in [7, 11) is 1.69. The molecule has 0 bridgehead atoms. The number of methoxy groups -OCH3 is 1. The minimum Gasteiger partial charge on any atom is -0.471 e. The van der Waals surface area contributed by atoms with Gasteiger partial charge >= 0.3 is 0 Å². The molecule has 0 aliphatic rings. The molecule has 0 aliphatic heterocycles. The van der Waals surface area contributed by atoms with Crippen LogP contribution in [0.3, 0.4) is 0 Å². The van der Waals surface area contributed by atoms with E-state index in [1.807, 2.05) is 6.07 Å². The van der Waals surface area contributed by atoms with Crippen LogP contribution in [0.4, 0.5) is 4.39 Å². The zero-order chi connectivity index (χ0) is 17.1. The third kappa shape index (κ3) is 3.94. The van der Waals surface area contributed by atoms with E-state index >= 15 is 0 Å². The van der Waals surface area contributed by atoms with Crippen LogP contribution in [-0.2, 0) is 17.9 Å². The molecule has 0 amide bonds. The Morgan fingerprint density at radius 1 is 1.12 bits per heavy atom. The molecule has 3 aromatic rings. The van der Waals surface area contributed by atoms with Gasteiger partial charge in [0.2, 0.25) is 5.88 Å². The molecule has 0 radical (unpaired) electrons. The maximum absolute atomic E-state index is 13.0. The molecule has 3 rings (SSSR count). The first-order valence-corrected chi connectivity index (χ1v) is 7.92. The summed E-state index contributed by atoms with van der Waals surface area (Å²) in [6.07, 6.45) is 1.76. The van der Waals surface area contributed by atoms with Gasteiger partial charge in [0.25, 0.3) is 0 Å². The van der Waals surface area contributed by atoms with Gasteiger partial charge in [-0.2, -0.15) is 0 Å². The first-order chi connectivity index (χ1) is 11.6. The SMILES string of the molecule is COCCn1c(C)c(C)c2ccnc(OCc3ccc(F)cc3)c21.Cl. The lowest BCUT2D eigenvalue weighted by Gasteiger charge is -2.11. The molecule has 6 heteroatoms. The molecule has 0 spiro atoms. The fourth-order valence-electron chi connectivity index (χ4n) is 2.86. The van der Waals surface area contributed by atoms with Gasteiger partial charge in [0, 0.05) is 30.9 Å². The van der Waals surface area contributed by atoms with Crippen molar-refractivity contribution >= 4 is 23.3 Å². The molecule has 1 aromatic carbocycles. The quantitative estimate of drug-likeness (QED) is 0.648. The molecular formula is C19H22ClFN2O2. The number of benzene rings is 1. The first-order valence-electron chi connectivity index (χ1n) is 7.92. The average molecular weight is 365 g/mol. The number of aromatic nitrogens is 2. The van der Waals surface area contributed by atoms with Gasteiger partial charge < -0.3 is 14.0 Å². The van der Waals surface area contributed by atoms with Crippen LogP contribution in [0.25, 0.3) is 10.9 Å². The van der Waals surface area contributed by atoms with E-state index in [0.717, 1.165) is 23.0 Å². The molecule has 2 aromatic heterocycles. The summed E-state index contributed by atoms with van der Waals surface area (Å²) in [5.41, 5.74) is 4.28. The number of pyridine rings is 1. The number of fused-ring (bicyclic) bond motifs is 1. The highest BCUT2D eigenvalue weighted by atomic mass is 35.5. The van der Waals surface area contributed by atoms with Crippen LogP contribution < -0.4 is 4.74 Å². The zero-order valence-corrected chi connectivity index (χ0v) is 15.4. The Morgan fingerprint density at radius 2 is 1.84 bits per heavy atom. The average Bonchev–Trinajstić information content (AvgIpc) is 2.84. The topological polar surface area (TPSA) is 36.3 Å². The van der Waals surface area contributed by atoms with Crippen LogP contribution in [0, 0.1) is 19.7 Å². The Kier molecular flexibility index (Phi) is 6.39. The van der Waals surface area contributed by atoms with Crippen molar-refractivity contribution in [1.82, 2.24) is 9.55 Å². The number of nitrogens with zero attached hydrogens (tertiary/aromatic N) is 2. The zero-order valence-electron chi connectivity index (χ0n) is 14.6. The molecule has 0 N–H and O–H groups in total. The van der Waals surface area contributed by atoms with E-state index in [1.165, 1.54) is 23.4 Å². The number of hydrogen-bond acceptors (Lipinski definition) is 3. The van der Waals surface area contributed by atoms with Gasteiger partial charge in [-0.05, 0) is 43.2 Å². The van der Waals surface area contributed by atoms with Crippen molar-refractivity contribution in [3.63, 3.8) is 0 Å². The second kappa shape index (κ2) is 8.32. The molecule has 25 heavy (non-hydrogen) atoms. The maximum Gasteiger partial charge on any atom is 0.238 e. The van der Waals surface area contributed by atoms with Gasteiger partial charge in [-0.1, -0.05) is 12.1 Å². The molecule has 0 unspecified atom stereocenters. The van der Waals surface area contributed by atoms with Crippen LogP contribution >= 0.6 is 12.4 Å². The van der Waals surface area contributed by atoms with Crippen molar-refractivity contribution in [2.45, 2.75) is 27.0 Å². The number of halogens is 2. The Morgan fingerprint density at radius 3 is 2.52 bits per heavy atom. The van der Waals surface area contributed by atoms with Crippen molar-refractivity contribution in [2.75, 3.05) is 13.7 Å². The molecular weight excluding hydrogens is 343 g/mol. The third-order valence-corrected chi connectivity index (χ3v) is 4.32. The van der Waals surface area contributed by atoms with Crippen molar-refractivity contribution in [3.05, 3.63) is 59.2 Å². The Hall–Kier alpha value is -2.11. The van der Waals surface area contributed by atoms with Gasteiger partial charge in [-0.25, -0.2) is 9.37 Å². The summed E-state index contributed by atoms with van der Waals surface area (Å²) in [6.45, 7) is 5.90. The third-order valence-electron chi connectivity index (χ3n) is 4.32. The van der Waals surface area contributed by atoms with E-state index in [2.05, 4.69) is 23.4 Å². The summed E-state index contributed by atoms with van der Waals surface area (Å²) < 4.78 is 26.4. The van der Waals surface area contributed by atoms with E-state index in [0.29, 0.717) is 19.1 Å². The summed E-state index contributed by atoms with van der Waals surface area (Å²) in [6, 6.07) is 8.31. The van der Waals surface area contributed by atoms with Crippen LogP contribution in [0.1, 0.15) is 16.8 Å².